The standard InChI is InChI=1S/C35H22O6/c36-33(31-11-5-21-38-31)40-25-17-13-23(14-18-25)35(29-9-3-1-7-27(29)28-8-2-4-10-30(28)35)24-15-19-26(20-16-24)41-34(37)32-12-6-22-39-32/h1-22H. The van der Waals surface area contributed by atoms with Gasteiger partial charge in [-0.2, -0.15) is 0 Å². The van der Waals surface area contributed by atoms with Gasteiger partial charge in [-0.25, -0.2) is 9.59 Å². The normalized spacial score (nSPS) is 12.8. The highest BCUT2D eigenvalue weighted by Crippen LogP contribution is 2.56. The Morgan fingerprint density at radius 3 is 1.29 bits per heavy atom. The van der Waals surface area contributed by atoms with Crippen LogP contribution in [0.3, 0.4) is 0 Å². The number of carbonyl (C=O) groups excluding carboxylic acids is 2. The van der Waals surface area contributed by atoms with E-state index >= 15 is 0 Å². The first-order valence-electron chi connectivity index (χ1n) is 13.1. The molecule has 0 saturated heterocycles. The van der Waals surface area contributed by atoms with Crippen LogP contribution >= 0.6 is 0 Å². The first kappa shape index (κ1) is 24.4. The molecular formula is C35H22O6. The lowest BCUT2D eigenvalue weighted by molar-refractivity contribution is 0.0692. The van der Waals surface area contributed by atoms with Crippen LogP contribution in [0, 0.1) is 0 Å². The molecule has 6 aromatic rings. The van der Waals surface area contributed by atoms with Gasteiger partial charge in [0.05, 0.1) is 17.9 Å². The predicted octanol–water partition coefficient (Wildman–Crippen LogP) is 7.67. The van der Waals surface area contributed by atoms with Gasteiger partial charge in [0.15, 0.2) is 0 Å². The lowest BCUT2D eigenvalue weighted by Crippen LogP contribution is -2.28. The van der Waals surface area contributed by atoms with E-state index in [9.17, 15) is 9.59 Å². The minimum Gasteiger partial charge on any atom is -0.457 e. The smallest absolute Gasteiger partial charge is 0.379 e. The van der Waals surface area contributed by atoms with Crippen molar-refractivity contribution >= 4 is 11.9 Å². The molecule has 0 fully saturated rings. The Kier molecular flexibility index (Phi) is 5.86. The monoisotopic (exact) mass is 538 g/mol. The van der Waals surface area contributed by atoms with Crippen molar-refractivity contribution in [3.05, 3.63) is 168 Å². The van der Waals surface area contributed by atoms with E-state index in [-0.39, 0.29) is 11.5 Å². The maximum Gasteiger partial charge on any atom is 0.379 e. The third kappa shape index (κ3) is 4.05. The summed E-state index contributed by atoms with van der Waals surface area (Å²) in [7, 11) is 0. The Balaban J connectivity index is 1.32. The maximum atomic E-state index is 12.5. The average Bonchev–Trinajstić information content (AvgIpc) is 3.79. The van der Waals surface area contributed by atoms with Gasteiger partial charge in [0.2, 0.25) is 11.5 Å². The van der Waals surface area contributed by atoms with Crippen LogP contribution in [0.25, 0.3) is 11.1 Å². The molecule has 0 radical (unpaired) electrons. The van der Waals surface area contributed by atoms with E-state index in [1.54, 1.807) is 48.5 Å². The molecule has 0 amide bonds. The Labute approximate surface area is 235 Å². The van der Waals surface area contributed by atoms with Gasteiger partial charge in [-0.3, -0.25) is 0 Å². The molecule has 0 bridgehead atoms. The van der Waals surface area contributed by atoms with Crippen molar-refractivity contribution in [2.24, 2.45) is 0 Å². The summed E-state index contributed by atoms with van der Waals surface area (Å²) in [5, 5.41) is 0. The number of furan rings is 2. The molecule has 0 unspecified atom stereocenters. The summed E-state index contributed by atoms with van der Waals surface area (Å²) in [6, 6.07) is 38.2. The summed E-state index contributed by atoms with van der Waals surface area (Å²) in [6.07, 6.45) is 2.86. The summed E-state index contributed by atoms with van der Waals surface area (Å²) in [6.45, 7) is 0. The quantitative estimate of drug-likeness (QED) is 0.160. The van der Waals surface area contributed by atoms with Gasteiger partial charge in [0.1, 0.15) is 11.5 Å². The molecule has 0 atom stereocenters. The number of fused-ring (bicyclic) bond motifs is 3. The Bertz CT molecular complexity index is 1710. The maximum absolute atomic E-state index is 12.5. The molecule has 1 aliphatic carbocycles. The van der Waals surface area contributed by atoms with Gasteiger partial charge in [-0.1, -0.05) is 72.8 Å². The van der Waals surface area contributed by atoms with Gasteiger partial charge < -0.3 is 18.3 Å². The molecule has 2 aromatic heterocycles. The molecule has 0 saturated carbocycles. The number of benzene rings is 4. The Hall–Kier alpha value is -5.62. The fourth-order valence-corrected chi connectivity index (χ4v) is 5.67. The first-order chi connectivity index (χ1) is 20.1. The van der Waals surface area contributed by atoms with Gasteiger partial charge in [0.25, 0.3) is 0 Å². The van der Waals surface area contributed by atoms with Crippen molar-refractivity contribution in [3.63, 3.8) is 0 Å². The zero-order chi connectivity index (χ0) is 27.8. The van der Waals surface area contributed by atoms with Crippen LogP contribution in [0.2, 0.25) is 0 Å². The molecule has 41 heavy (non-hydrogen) atoms. The highest BCUT2D eigenvalue weighted by atomic mass is 16.6. The molecule has 0 aliphatic heterocycles. The summed E-state index contributed by atoms with van der Waals surface area (Å²) in [5.41, 5.74) is 5.86. The van der Waals surface area contributed by atoms with Crippen molar-refractivity contribution in [2.75, 3.05) is 0 Å². The van der Waals surface area contributed by atoms with Crippen molar-refractivity contribution < 1.29 is 27.9 Å². The van der Waals surface area contributed by atoms with Crippen LogP contribution in [-0.2, 0) is 5.41 Å². The summed E-state index contributed by atoms with van der Waals surface area (Å²) in [5.74, 6) is -0.0356. The summed E-state index contributed by atoms with van der Waals surface area (Å²) in [4.78, 5) is 24.9. The van der Waals surface area contributed by atoms with E-state index in [1.165, 1.54) is 12.5 Å². The molecule has 7 rings (SSSR count). The van der Waals surface area contributed by atoms with Crippen LogP contribution < -0.4 is 9.47 Å². The molecule has 4 aromatic carbocycles. The van der Waals surface area contributed by atoms with Crippen LogP contribution in [0.15, 0.2) is 143 Å². The Morgan fingerprint density at radius 1 is 0.488 bits per heavy atom. The average molecular weight is 539 g/mol. The number of hydrogen-bond donors (Lipinski definition) is 0. The second-order valence-electron chi connectivity index (χ2n) is 9.62. The minimum atomic E-state index is -0.666. The van der Waals surface area contributed by atoms with Crippen molar-refractivity contribution in [1.82, 2.24) is 0 Å². The van der Waals surface area contributed by atoms with E-state index < -0.39 is 17.4 Å². The van der Waals surface area contributed by atoms with E-state index in [1.807, 2.05) is 48.5 Å². The molecular weight excluding hydrogens is 516 g/mol. The van der Waals surface area contributed by atoms with Crippen LogP contribution in [0.4, 0.5) is 0 Å². The van der Waals surface area contributed by atoms with E-state index in [0.29, 0.717) is 11.5 Å². The van der Waals surface area contributed by atoms with E-state index in [2.05, 4.69) is 24.3 Å². The molecule has 0 N–H and O–H groups in total. The van der Waals surface area contributed by atoms with Crippen molar-refractivity contribution in [3.8, 4) is 22.6 Å². The Morgan fingerprint density at radius 2 is 0.902 bits per heavy atom. The zero-order valence-corrected chi connectivity index (χ0v) is 21.7. The highest BCUT2D eigenvalue weighted by molar-refractivity contribution is 5.89. The van der Waals surface area contributed by atoms with Crippen molar-refractivity contribution in [2.45, 2.75) is 5.41 Å². The topological polar surface area (TPSA) is 78.9 Å². The zero-order valence-electron chi connectivity index (χ0n) is 21.7. The van der Waals surface area contributed by atoms with Gasteiger partial charge in [-0.15, -0.1) is 0 Å². The minimum absolute atomic E-state index is 0.136. The number of ether oxygens (including phenoxy) is 2. The molecule has 6 nitrogen and oxygen atoms in total. The summed E-state index contributed by atoms with van der Waals surface area (Å²) >= 11 is 0. The SMILES string of the molecule is O=C(Oc1ccc(C2(c3ccc(OC(=O)c4ccco4)cc3)c3ccccc3-c3ccccc32)cc1)c1ccco1. The van der Waals surface area contributed by atoms with Gasteiger partial charge in [0, 0.05) is 0 Å². The lowest BCUT2D eigenvalue weighted by Gasteiger charge is -2.34. The van der Waals surface area contributed by atoms with Crippen LogP contribution in [-0.4, -0.2) is 11.9 Å². The summed E-state index contributed by atoms with van der Waals surface area (Å²) < 4.78 is 21.4. The van der Waals surface area contributed by atoms with E-state index in [0.717, 1.165) is 33.4 Å². The van der Waals surface area contributed by atoms with Gasteiger partial charge >= 0.3 is 11.9 Å². The van der Waals surface area contributed by atoms with Crippen molar-refractivity contribution in [1.29, 1.82) is 0 Å². The van der Waals surface area contributed by atoms with E-state index in [4.69, 9.17) is 18.3 Å². The fourth-order valence-electron chi connectivity index (χ4n) is 5.67. The predicted molar refractivity (Wildman–Crippen MR) is 151 cm³/mol. The lowest BCUT2D eigenvalue weighted by atomic mass is 9.68. The second-order valence-corrected chi connectivity index (χ2v) is 9.62. The highest BCUT2D eigenvalue weighted by Gasteiger charge is 2.45. The third-order valence-electron chi connectivity index (χ3n) is 7.39. The largest absolute Gasteiger partial charge is 0.457 e. The molecule has 6 heteroatoms. The molecule has 198 valence electrons. The third-order valence-corrected chi connectivity index (χ3v) is 7.39. The number of hydrogen-bond acceptors (Lipinski definition) is 6. The van der Waals surface area contributed by atoms with Crippen LogP contribution in [0.1, 0.15) is 43.4 Å². The number of rotatable bonds is 6. The first-order valence-corrected chi connectivity index (χ1v) is 13.1. The molecule has 2 heterocycles. The molecule has 0 spiro atoms. The number of esters is 2. The number of carbonyl (C=O) groups is 2. The van der Waals surface area contributed by atoms with Gasteiger partial charge in [-0.05, 0) is 81.9 Å². The second kappa shape index (κ2) is 9.84. The molecule has 1 aliphatic rings. The van der Waals surface area contributed by atoms with Crippen LogP contribution in [0.5, 0.6) is 11.5 Å². The fraction of sp³-hybridized carbons (Fsp3) is 0.0286.